The molecular weight excluding hydrogens is 1140 g/mol. The van der Waals surface area contributed by atoms with Gasteiger partial charge in [0.15, 0.2) is 37.7 Å². The molecule has 0 aromatic rings. The van der Waals surface area contributed by atoms with E-state index in [4.69, 9.17) is 52.1 Å². The minimum Gasteiger partial charge on any atom is -0.394 e. The molecule has 0 spiro atoms. The molecule has 0 unspecified atom stereocenters. The molecule has 0 saturated carbocycles. The van der Waals surface area contributed by atoms with Crippen LogP contribution in [0.25, 0.3) is 0 Å². The third kappa shape index (κ3) is 15.9. The Kier molecular flexibility index (Phi) is 24.8. The predicted octanol–water partition coefficient (Wildman–Crippen LogP) is -12.2. The van der Waals surface area contributed by atoms with Crippen LogP contribution in [-0.4, -0.2) is 319 Å². The summed E-state index contributed by atoms with van der Waals surface area (Å²) >= 11 is 0. The van der Waals surface area contributed by atoms with Crippen molar-refractivity contribution < 1.29 is 147 Å². The van der Waals surface area contributed by atoms with Crippen LogP contribution in [0.4, 0.5) is 0 Å². The van der Waals surface area contributed by atoms with E-state index < -0.39 is 252 Å². The van der Waals surface area contributed by atoms with Gasteiger partial charge >= 0.3 is 0 Å². The second-order valence-electron chi connectivity index (χ2n) is 21.2. The molecule has 6 heterocycles. The number of hydrogen-bond acceptors (Lipinski definition) is 30. The van der Waals surface area contributed by atoms with Crippen LogP contribution in [-0.2, 0) is 80.9 Å². The van der Waals surface area contributed by atoms with E-state index in [0.29, 0.717) is 0 Å². The van der Waals surface area contributed by atoms with E-state index in [0.717, 1.165) is 41.5 Å². The Bertz CT molecular complexity index is 2190. The van der Waals surface area contributed by atoms with Crippen LogP contribution < -0.4 is 31.9 Å². The Balaban J connectivity index is 1.39. The Labute approximate surface area is 479 Å². The third-order valence-corrected chi connectivity index (χ3v) is 14.8. The molecular formula is C48H80N6O30. The number of rotatable bonds is 21. The highest BCUT2D eigenvalue weighted by atomic mass is 16.8. The average molecular weight is 1220 g/mol. The molecule has 0 aromatic carbocycles. The highest BCUT2D eigenvalue weighted by molar-refractivity contribution is 5.75. The smallest absolute Gasteiger partial charge is 0.217 e. The molecule has 6 fully saturated rings. The molecule has 36 heteroatoms. The molecule has 0 aromatic heterocycles. The van der Waals surface area contributed by atoms with Gasteiger partial charge in [0.25, 0.3) is 0 Å². The van der Waals surface area contributed by atoms with Crippen molar-refractivity contribution >= 4 is 35.4 Å². The van der Waals surface area contributed by atoms with Crippen molar-refractivity contribution in [3.8, 4) is 0 Å². The summed E-state index contributed by atoms with van der Waals surface area (Å²) in [7, 11) is 0. The molecule has 30 atom stereocenters. The number of hydrogen-bond donors (Lipinski definition) is 19. The van der Waals surface area contributed by atoms with Crippen LogP contribution >= 0.6 is 0 Å². The molecule has 482 valence electrons. The third-order valence-electron chi connectivity index (χ3n) is 14.8. The maximum absolute atomic E-state index is 13.3. The van der Waals surface area contributed by atoms with Gasteiger partial charge in [0.05, 0.1) is 45.2 Å². The van der Waals surface area contributed by atoms with Gasteiger partial charge in [-0.15, -0.1) is 0 Å². The SMILES string of the molecule is CC(=O)N[C@@H]1[C@@H](O[C@H]2O[C@H](CO)[C@H](O[C@H]3O[C@H](CO)[C@H](O[C@H]4O[C@H](CO)[C@H](O[C@H]5O[C@H](CO)[C@H](O)[C@H](O)[C@H]5NC(C)=O)[C@H](O)[C@H]4NC(C)=O)[C@H](O[C@@H]4O[C@H](CO)[C@@H](O)[C@H](O)[C@H]4O)[C@H]3NC(C)=O)[C@H](O)[C@H]2NC(C)=O)[C@H](NC(C)=O)[C@@H](C)O[C@@H]1O. The quantitative estimate of drug-likeness (QED) is 0.0507. The summed E-state index contributed by atoms with van der Waals surface area (Å²) in [5, 5.41) is 158. The van der Waals surface area contributed by atoms with Crippen LogP contribution in [0.15, 0.2) is 0 Å². The number of aliphatic hydroxyl groups is 13. The Hall–Kier alpha value is -4.14. The van der Waals surface area contributed by atoms with Gasteiger partial charge in [0, 0.05) is 41.5 Å². The summed E-state index contributed by atoms with van der Waals surface area (Å²) in [5.41, 5.74) is 0. The van der Waals surface area contributed by atoms with E-state index in [1.807, 2.05) is 0 Å². The summed E-state index contributed by atoms with van der Waals surface area (Å²) in [4.78, 5) is 76.2. The van der Waals surface area contributed by atoms with Crippen LogP contribution in [0.1, 0.15) is 48.5 Å². The average Bonchev–Trinajstić information content (AvgIpc) is 1.79. The van der Waals surface area contributed by atoms with E-state index in [1.165, 1.54) is 6.92 Å². The summed E-state index contributed by atoms with van der Waals surface area (Å²) in [6.07, 6.45) is -44.3. The van der Waals surface area contributed by atoms with Gasteiger partial charge in [-0.1, -0.05) is 0 Å². The van der Waals surface area contributed by atoms with Crippen molar-refractivity contribution in [3.05, 3.63) is 0 Å². The topological polar surface area (TPSA) is 539 Å². The van der Waals surface area contributed by atoms with Gasteiger partial charge in [-0.05, 0) is 6.92 Å². The van der Waals surface area contributed by atoms with Crippen molar-refractivity contribution in [1.82, 2.24) is 31.9 Å². The number of carbonyl (C=O) groups excluding carboxylic acids is 6. The zero-order chi connectivity index (χ0) is 62.3. The first kappa shape index (κ1) is 69.0. The fraction of sp³-hybridized carbons (Fsp3) is 0.875. The number of ether oxygens (including phenoxy) is 11. The molecule has 6 aliphatic heterocycles. The molecule has 19 N–H and O–H groups in total. The molecule has 6 saturated heterocycles. The first-order valence-corrected chi connectivity index (χ1v) is 26.9. The van der Waals surface area contributed by atoms with Crippen LogP contribution in [0.2, 0.25) is 0 Å². The summed E-state index contributed by atoms with van der Waals surface area (Å²) < 4.78 is 66.9. The van der Waals surface area contributed by atoms with Crippen LogP contribution in [0.5, 0.6) is 0 Å². The molecule has 6 amide bonds. The predicted molar refractivity (Wildman–Crippen MR) is 267 cm³/mol. The van der Waals surface area contributed by atoms with Crippen LogP contribution in [0, 0.1) is 0 Å². The number of amides is 6. The van der Waals surface area contributed by atoms with Crippen LogP contribution in [0.3, 0.4) is 0 Å². The molecule has 84 heavy (non-hydrogen) atoms. The van der Waals surface area contributed by atoms with Gasteiger partial charge in [-0.3, -0.25) is 28.8 Å². The van der Waals surface area contributed by atoms with Crippen molar-refractivity contribution in [3.63, 3.8) is 0 Å². The van der Waals surface area contributed by atoms with E-state index in [1.54, 1.807) is 0 Å². The fourth-order valence-corrected chi connectivity index (χ4v) is 10.9. The zero-order valence-corrected chi connectivity index (χ0v) is 46.6. The minimum absolute atomic E-state index is 0.605. The Morgan fingerprint density at radius 2 is 0.607 bits per heavy atom. The first-order chi connectivity index (χ1) is 39.6. The maximum atomic E-state index is 13.3. The summed E-state index contributed by atoms with van der Waals surface area (Å²) in [5.74, 6) is -4.63. The minimum atomic E-state index is -2.20. The summed E-state index contributed by atoms with van der Waals surface area (Å²) in [6.45, 7) is 2.75. The van der Waals surface area contributed by atoms with Crippen molar-refractivity contribution in [2.24, 2.45) is 0 Å². The maximum Gasteiger partial charge on any atom is 0.217 e. The highest BCUT2D eigenvalue weighted by Gasteiger charge is 2.59. The van der Waals surface area contributed by atoms with E-state index in [-0.39, 0.29) is 0 Å². The lowest BCUT2D eigenvalue weighted by Crippen LogP contribution is -2.73. The van der Waals surface area contributed by atoms with E-state index in [9.17, 15) is 95.2 Å². The molecule has 0 bridgehead atoms. The van der Waals surface area contributed by atoms with Gasteiger partial charge in [0.1, 0.15) is 134 Å². The number of aliphatic hydroxyl groups excluding tert-OH is 13. The van der Waals surface area contributed by atoms with Crippen molar-refractivity contribution in [1.29, 1.82) is 0 Å². The number of nitrogens with one attached hydrogen (secondary N) is 6. The second-order valence-corrected chi connectivity index (χ2v) is 21.2. The van der Waals surface area contributed by atoms with Crippen molar-refractivity contribution in [2.45, 2.75) is 232 Å². The zero-order valence-electron chi connectivity index (χ0n) is 46.6. The lowest BCUT2D eigenvalue weighted by Gasteiger charge is -2.53. The second kappa shape index (κ2) is 30.2. The van der Waals surface area contributed by atoms with Gasteiger partial charge in [0.2, 0.25) is 35.4 Å². The molecule has 6 rings (SSSR count). The lowest BCUT2D eigenvalue weighted by molar-refractivity contribution is -0.383. The molecule has 36 nitrogen and oxygen atoms in total. The molecule has 0 aliphatic carbocycles. The van der Waals surface area contributed by atoms with Gasteiger partial charge in [-0.2, -0.15) is 0 Å². The molecule has 0 radical (unpaired) electrons. The lowest BCUT2D eigenvalue weighted by atomic mass is 9.92. The van der Waals surface area contributed by atoms with E-state index >= 15 is 0 Å². The van der Waals surface area contributed by atoms with Gasteiger partial charge < -0.3 is 150 Å². The summed E-state index contributed by atoms with van der Waals surface area (Å²) in [6, 6.07) is -9.63. The van der Waals surface area contributed by atoms with Crippen molar-refractivity contribution in [2.75, 3.05) is 33.0 Å². The highest BCUT2D eigenvalue weighted by Crippen LogP contribution is 2.38. The first-order valence-electron chi connectivity index (χ1n) is 26.9. The Morgan fingerprint density at radius 1 is 0.310 bits per heavy atom. The monoisotopic (exact) mass is 1220 g/mol. The molecule has 6 aliphatic rings. The fourth-order valence-electron chi connectivity index (χ4n) is 10.9. The van der Waals surface area contributed by atoms with Gasteiger partial charge in [-0.25, -0.2) is 0 Å². The normalized spacial score (nSPS) is 44.4. The number of carbonyl (C=O) groups is 6. The largest absolute Gasteiger partial charge is 0.394 e. The standard InChI is InChI=1S/C48H80N6O30/c1-13-25(49-14(2)60)41(29(43(73)74-13)53-18(6)64)83-46-28(52-17(5)63)35(70)39(23(11-58)78-46)81-47-30(54-19(7)65)42(84-48-37(72)36(71)32(67)21(9-56)76-48)40(24(12-59)79-47)82-45-27(51-16(4)62)34(69)38(22(10-57)77-45)80-44-26(50-15(3)61)33(68)31(66)20(8-55)75-44/h13,20-48,55-59,66-73H,8-12H2,1-7H3,(H,49,60)(H,50,61)(H,51,62)(H,52,63)(H,53,64)(H,54,65)/t13-,20-,21-,22-,23-,24-,25-,26-,27-,28-,29-,30-,31+,32-,33-,34-,35-,36+,37-,38+,39+,40+,41+,42-,43+,44-,45-,46-,47-,48+/m1/s1. The van der Waals surface area contributed by atoms with E-state index in [2.05, 4.69) is 31.9 Å². The Morgan fingerprint density at radius 3 is 1.02 bits per heavy atom.